The number of amides is 2. The highest BCUT2D eigenvalue weighted by Crippen LogP contribution is 1.97. The van der Waals surface area contributed by atoms with Gasteiger partial charge in [-0.3, -0.25) is 0 Å². The molecule has 5 heteroatoms. The summed E-state index contributed by atoms with van der Waals surface area (Å²) >= 11 is 0. The lowest BCUT2D eigenvalue weighted by atomic mass is 10.2. The number of hydrogen-bond acceptors (Lipinski definition) is 2. The van der Waals surface area contributed by atoms with Crippen molar-refractivity contribution in [2.75, 3.05) is 26.2 Å². The van der Waals surface area contributed by atoms with Gasteiger partial charge in [0, 0.05) is 32.2 Å². The molecule has 0 saturated carbocycles. The van der Waals surface area contributed by atoms with E-state index in [0.717, 1.165) is 19.6 Å². The van der Waals surface area contributed by atoms with Gasteiger partial charge in [-0.25, -0.2) is 4.79 Å². The first-order valence-electron chi connectivity index (χ1n) is 4.50. The quantitative estimate of drug-likeness (QED) is 0.655. The zero-order valence-electron chi connectivity index (χ0n) is 8.17. The van der Waals surface area contributed by atoms with Crippen LogP contribution in [0.1, 0.15) is 13.8 Å². The molecule has 1 heterocycles. The highest BCUT2D eigenvalue weighted by Gasteiger charge is 2.19. The molecular formula is C8H18ClN3O. The average Bonchev–Trinajstić information content (AvgIpc) is 2.05. The predicted molar refractivity (Wildman–Crippen MR) is 55.4 cm³/mol. The molecule has 1 aliphatic rings. The molecule has 0 spiro atoms. The summed E-state index contributed by atoms with van der Waals surface area (Å²) in [4.78, 5) is 13.2. The van der Waals surface area contributed by atoms with Crippen LogP contribution in [0.15, 0.2) is 0 Å². The number of rotatable bonds is 1. The number of piperazine rings is 1. The number of halogens is 1. The fourth-order valence-electron chi connectivity index (χ4n) is 1.38. The van der Waals surface area contributed by atoms with Crippen molar-refractivity contribution in [1.29, 1.82) is 0 Å². The van der Waals surface area contributed by atoms with Crippen LogP contribution >= 0.6 is 12.4 Å². The monoisotopic (exact) mass is 207 g/mol. The van der Waals surface area contributed by atoms with Crippen molar-refractivity contribution in [2.24, 2.45) is 0 Å². The summed E-state index contributed by atoms with van der Waals surface area (Å²) in [5.41, 5.74) is 0. The molecule has 0 radical (unpaired) electrons. The van der Waals surface area contributed by atoms with Crippen molar-refractivity contribution in [2.45, 2.75) is 19.9 Å². The summed E-state index contributed by atoms with van der Waals surface area (Å²) in [5.74, 6) is 0. The van der Waals surface area contributed by atoms with Crippen molar-refractivity contribution < 1.29 is 4.79 Å². The molecule has 2 amide bonds. The van der Waals surface area contributed by atoms with Gasteiger partial charge in [0.15, 0.2) is 0 Å². The van der Waals surface area contributed by atoms with Crippen molar-refractivity contribution in [3.05, 3.63) is 0 Å². The van der Waals surface area contributed by atoms with Crippen LogP contribution in [0.25, 0.3) is 0 Å². The number of hydrogen-bond donors (Lipinski definition) is 2. The maximum atomic E-state index is 11.3. The van der Waals surface area contributed by atoms with Crippen molar-refractivity contribution in [3.8, 4) is 0 Å². The van der Waals surface area contributed by atoms with Crippen LogP contribution < -0.4 is 10.6 Å². The molecule has 0 aliphatic carbocycles. The van der Waals surface area contributed by atoms with E-state index in [-0.39, 0.29) is 18.4 Å². The van der Waals surface area contributed by atoms with Crippen LogP contribution in [-0.4, -0.2) is 43.2 Å². The average molecular weight is 208 g/mol. The summed E-state index contributed by atoms with van der Waals surface area (Å²) in [5, 5.41) is 6.08. The van der Waals surface area contributed by atoms with Gasteiger partial charge < -0.3 is 15.5 Å². The van der Waals surface area contributed by atoms with E-state index >= 15 is 0 Å². The van der Waals surface area contributed by atoms with E-state index in [4.69, 9.17) is 0 Å². The largest absolute Gasteiger partial charge is 0.338 e. The molecule has 78 valence electrons. The summed E-state index contributed by atoms with van der Waals surface area (Å²) < 4.78 is 0. The van der Waals surface area contributed by atoms with Gasteiger partial charge in [0.25, 0.3) is 0 Å². The van der Waals surface area contributed by atoms with E-state index in [1.54, 1.807) is 0 Å². The van der Waals surface area contributed by atoms with Gasteiger partial charge >= 0.3 is 6.03 Å². The Hall–Kier alpha value is -0.480. The van der Waals surface area contributed by atoms with Crippen LogP contribution in [0.4, 0.5) is 4.79 Å². The topological polar surface area (TPSA) is 44.4 Å². The summed E-state index contributed by atoms with van der Waals surface area (Å²) in [7, 11) is 0. The fraction of sp³-hybridized carbons (Fsp3) is 0.875. The molecule has 1 rings (SSSR count). The second-order valence-electron chi connectivity index (χ2n) is 3.14. The fourth-order valence-corrected chi connectivity index (χ4v) is 1.38. The lowest BCUT2D eigenvalue weighted by molar-refractivity contribution is 0.180. The van der Waals surface area contributed by atoms with E-state index < -0.39 is 0 Å². The second-order valence-corrected chi connectivity index (χ2v) is 3.14. The molecule has 13 heavy (non-hydrogen) atoms. The molecule has 1 fully saturated rings. The number of urea groups is 1. The number of carbonyl (C=O) groups excluding carboxylic acids is 1. The molecule has 0 unspecified atom stereocenters. The van der Waals surface area contributed by atoms with E-state index in [1.807, 2.05) is 11.8 Å². The normalized spacial score (nSPS) is 22.0. The molecule has 0 aromatic carbocycles. The Morgan fingerprint density at radius 3 is 2.92 bits per heavy atom. The molecule has 2 N–H and O–H groups in total. The zero-order valence-corrected chi connectivity index (χ0v) is 8.99. The highest BCUT2D eigenvalue weighted by atomic mass is 35.5. The van der Waals surface area contributed by atoms with Crippen molar-refractivity contribution in [1.82, 2.24) is 15.5 Å². The zero-order chi connectivity index (χ0) is 8.97. The minimum Gasteiger partial charge on any atom is -0.338 e. The lowest BCUT2D eigenvalue weighted by Gasteiger charge is -2.31. The first-order chi connectivity index (χ1) is 5.74. The highest BCUT2D eigenvalue weighted by molar-refractivity contribution is 5.85. The maximum absolute atomic E-state index is 11.3. The Balaban J connectivity index is 0.00000144. The number of nitrogens with zero attached hydrogens (tertiary/aromatic N) is 1. The molecule has 1 aliphatic heterocycles. The van der Waals surface area contributed by atoms with Gasteiger partial charge in [-0.05, 0) is 13.8 Å². The molecule has 0 aromatic rings. The van der Waals surface area contributed by atoms with Crippen molar-refractivity contribution in [3.63, 3.8) is 0 Å². The SMILES string of the molecule is CCNC(=O)N1CCN[C@H](C)C1.Cl. The maximum Gasteiger partial charge on any atom is 0.317 e. The van der Waals surface area contributed by atoms with E-state index in [0.29, 0.717) is 12.6 Å². The van der Waals surface area contributed by atoms with Gasteiger partial charge in [-0.1, -0.05) is 0 Å². The molecule has 4 nitrogen and oxygen atoms in total. The van der Waals surface area contributed by atoms with E-state index in [1.165, 1.54) is 0 Å². The van der Waals surface area contributed by atoms with Crippen LogP contribution in [0.3, 0.4) is 0 Å². The van der Waals surface area contributed by atoms with Gasteiger partial charge in [-0.15, -0.1) is 12.4 Å². The van der Waals surface area contributed by atoms with E-state index in [2.05, 4.69) is 17.6 Å². The standard InChI is InChI=1S/C8H17N3O.ClH/c1-3-9-8(12)11-5-4-10-7(2)6-11;/h7,10H,3-6H2,1-2H3,(H,9,12);1H/t7-;/m1./s1. The van der Waals surface area contributed by atoms with Crippen molar-refractivity contribution >= 4 is 18.4 Å². The summed E-state index contributed by atoms with van der Waals surface area (Å²) in [6.45, 7) is 7.26. The third-order valence-electron chi connectivity index (χ3n) is 1.98. The van der Waals surface area contributed by atoms with Gasteiger partial charge in [0.2, 0.25) is 0 Å². The number of nitrogens with one attached hydrogen (secondary N) is 2. The number of carbonyl (C=O) groups is 1. The van der Waals surface area contributed by atoms with Crippen LogP contribution in [0, 0.1) is 0 Å². The van der Waals surface area contributed by atoms with Crippen LogP contribution in [0.2, 0.25) is 0 Å². The first-order valence-corrected chi connectivity index (χ1v) is 4.50. The molecule has 1 saturated heterocycles. The summed E-state index contributed by atoms with van der Waals surface area (Å²) in [6.07, 6.45) is 0. The minimum absolute atomic E-state index is 0. The predicted octanol–water partition coefficient (Wildman–Crippen LogP) is 0.431. The van der Waals surface area contributed by atoms with Crippen LogP contribution in [0.5, 0.6) is 0 Å². The van der Waals surface area contributed by atoms with Crippen LogP contribution in [-0.2, 0) is 0 Å². The second kappa shape index (κ2) is 6.05. The Bertz CT molecular complexity index is 165. The summed E-state index contributed by atoms with van der Waals surface area (Å²) in [6, 6.07) is 0.479. The first kappa shape index (κ1) is 12.5. The third-order valence-corrected chi connectivity index (χ3v) is 1.98. The molecular weight excluding hydrogens is 190 g/mol. The molecule has 1 atom stereocenters. The lowest BCUT2D eigenvalue weighted by Crippen LogP contribution is -2.54. The Morgan fingerprint density at radius 2 is 2.38 bits per heavy atom. The smallest absolute Gasteiger partial charge is 0.317 e. The Morgan fingerprint density at radius 1 is 1.69 bits per heavy atom. The Labute approximate surface area is 85.5 Å². The van der Waals surface area contributed by atoms with Gasteiger partial charge in [0.05, 0.1) is 0 Å². The minimum atomic E-state index is 0. The van der Waals surface area contributed by atoms with E-state index in [9.17, 15) is 4.79 Å². The van der Waals surface area contributed by atoms with Gasteiger partial charge in [-0.2, -0.15) is 0 Å². The third kappa shape index (κ3) is 3.83. The Kier molecular flexibility index (Phi) is 5.82. The molecule has 0 bridgehead atoms. The molecule has 0 aromatic heterocycles. The van der Waals surface area contributed by atoms with Gasteiger partial charge in [0.1, 0.15) is 0 Å².